The smallest absolute Gasteiger partial charge is 0.116 e. The van der Waals surface area contributed by atoms with E-state index in [4.69, 9.17) is 0 Å². The summed E-state index contributed by atoms with van der Waals surface area (Å²) in [7, 11) is 0. The number of aliphatic hydroxyl groups is 1. The van der Waals surface area contributed by atoms with Crippen LogP contribution in [-0.2, 0) is 0 Å². The average Bonchev–Trinajstić information content (AvgIpc) is 2.41. The molecule has 1 rings (SSSR count). The van der Waals surface area contributed by atoms with Gasteiger partial charge in [0.15, 0.2) is 0 Å². The Morgan fingerprint density at radius 2 is 2.10 bits per heavy atom. The molecule has 0 amide bonds. The highest BCUT2D eigenvalue weighted by atomic mass is 16.3. The van der Waals surface area contributed by atoms with Crippen molar-refractivity contribution in [3.05, 3.63) is 52.9 Å². The molecule has 1 aromatic rings. The van der Waals surface area contributed by atoms with Gasteiger partial charge in [-0.05, 0) is 52.6 Å². The van der Waals surface area contributed by atoms with Gasteiger partial charge >= 0.3 is 0 Å². The van der Waals surface area contributed by atoms with Gasteiger partial charge in [0.2, 0.25) is 0 Å². The minimum atomic E-state index is -0.714. The molecule has 0 spiro atoms. The maximum absolute atomic E-state index is 10.1. The molecule has 0 radical (unpaired) electrons. The number of rotatable bonds is 6. The Hall–Kier alpha value is -1.80. The first-order valence-corrected chi connectivity index (χ1v) is 6.97. The highest BCUT2D eigenvalue weighted by molar-refractivity contribution is 5.38. The van der Waals surface area contributed by atoms with Gasteiger partial charge in [-0.15, -0.1) is 0 Å². The van der Waals surface area contributed by atoms with Gasteiger partial charge in [-0.1, -0.05) is 45.6 Å². The van der Waals surface area contributed by atoms with Crippen molar-refractivity contribution in [2.45, 2.75) is 32.8 Å². The lowest BCUT2D eigenvalue weighted by atomic mass is 9.97. The molecule has 0 fully saturated rings. The number of phenols is 1. The van der Waals surface area contributed by atoms with Crippen molar-refractivity contribution >= 4 is 12.7 Å². The molecular weight excluding hydrogens is 248 g/mol. The molecule has 2 heteroatoms. The average molecular weight is 272 g/mol. The van der Waals surface area contributed by atoms with Gasteiger partial charge in [0.25, 0.3) is 0 Å². The third-order valence-corrected chi connectivity index (χ3v) is 3.41. The normalized spacial score (nSPS) is 15.9. The van der Waals surface area contributed by atoms with Crippen LogP contribution in [0.4, 0.5) is 0 Å². The molecule has 2 nitrogen and oxygen atoms in total. The van der Waals surface area contributed by atoms with Gasteiger partial charge in [0, 0.05) is 0 Å². The van der Waals surface area contributed by atoms with E-state index < -0.39 is 6.10 Å². The van der Waals surface area contributed by atoms with Gasteiger partial charge in [-0.2, -0.15) is 0 Å². The Bertz CT molecular complexity index is 584. The van der Waals surface area contributed by atoms with Gasteiger partial charge in [0.1, 0.15) is 5.75 Å². The minimum Gasteiger partial charge on any atom is -0.508 e. The van der Waals surface area contributed by atoms with Gasteiger partial charge in [0.05, 0.1) is 6.10 Å². The molecule has 0 aliphatic rings. The Morgan fingerprint density at radius 1 is 1.40 bits per heavy atom. The van der Waals surface area contributed by atoms with Crippen LogP contribution in [-0.4, -0.2) is 16.3 Å². The van der Waals surface area contributed by atoms with E-state index in [0.29, 0.717) is 5.92 Å². The highest BCUT2D eigenvalue weighted by Crippen LogP contribution is 2.15. The van der Waals surface area contributed by atoms with Crippen LogP contribution in [0.1, 0.15) is 26.7 Å². The SMILES string of the molecule is C=C/C(=C/C(O)/C=c1/cc(O)ccc1=C)CC(C)CC. The molecule has 2 N–H and O–H groups in total. The molecule has 0 saturated heterocycles. The first-order chi connectivity index (χ1) is 9.46. The summed E-state index contributed by atoms with van der Waals surface area (Å²) in [6.45, 7) is 12.0. The van der Waals surface area contributed by atoms with Crippen LogP contribution >= 0.6 is 0 Å². The summed E-state index contributed by atoms with van der Waals surface area (Å²) in [6.07, 6.45) is 6.55. The lowest BCUT2D eigenvalue weighted by molar-refractivity contribution is 0.284. The zero-order valence-corrected chi connectivity index (χ0v) is 12.3. The van der Waals surface area contributed by atoms with Crippen LogP contribution in [0.25, 0.3) is 12.7 Å². The summed E-state index contributed by atoms with van der Waals surface area (Å²) in [5.41, 5.74) is 1.04. The fourth-order valence-electron chi connectivity index (χ4n) is 1.96. The number of aromatic hydroxyl groups is 1. The summed E-state index contributed by atoms with van der Waals surface area (Å²) < 4.78 is 0. The zero-order chi connectivity index (χ0) is 15.1. The van der Waals surface area contributed by atoms with Crippen LogP contribution in [0.2, 0.25) is 0 Å². The number of hydrogen-bond donors (Lipinski definition) is 2. The Morgan fingerprint density at radius 3 is 2.70 bits per heavy atom. The summed E-state index contributed by atoms with van der Waals surface area (Å²) in [5.74, 6) is 0.735. The second-order valence-electron chi connectivity index (χ2n) is 5.20. The van der Waals surface area contributed by atoms with Crippen molar-refractivity contribution in [2.24, 2.45) is 5.92 Å². The van der Waals surface area contributed by atoms with E-state index in [-0.39, 0.29) is 5.75 Å². The Kier molecular flexibility index (Phi) is 6.26. The van der Waals surface area contributed by atoms with Crippen LogP contribution in [0.15, 0.2) is 42.5 Å². The summed E-state index contributed by atoms with van der Waals surface area (Å²) >= 11 is 0. The second-order valence-corrected chi connectivity index (χ2v) is 5.20. The van der Waals surface area contributed by atoms with E-state index in [2.05, 4.69) is 27.0 Å². The molecule has 0 heterocycles. The predicted molar refractivity (Wildman–Crippen MR) is 85.7 cm³/mol. The number of hydrogen-bond acceptors (Lipinski definition) is 2. The number of phenolic OH excluding ortho intramolecular Hbond substituents is 1. The van der Waals surface area contributed by atoms with Crippen molar-refractivity contribution in [3.63, 3.8) is 0 Å². The van der Waals surface area contributed by atoms with Crippen LogP contribution < -0.4 is 10.4 Å². The van der Waals surface area contributed by atoms with Gasteiger partial charge in [-0.25, -0.2) is 0 Å². The Balaban J connectivity index is 2.99. The molecule has 108 valence electrons. The van der Waals surface area contributed by atoms with E-state index in [1.807, 2.05) is 0 Å². The number of aliphatic hydroxyl groups excluding tert-OH is 1. The fraction of sp³-hybridized carbons (Fsp3) is 0.333. The molecule has 2 unspecified atom stereocenters. The van der Waals surface area contributed by atoms with Crippen molar-refractivity contribution in [2.75, 3.05) is 0 Å². The molecular formula is C18H24O2. The van der Waals surface area contributed by atoms with E-state index in [0.717, 1.165) is 28.9 Å². The number of allylic oxidation sites excluding steroid dienone is 2. The van der Waals surface area contributed by atoms with Gasteiger partial charge < -0.3 is 10.2 Å². The van der Waals surface area contributed by atoms with Gasteiger partial charge in [-0.3, -0.25) is 0 Å². The fourth-order valence-corrected chi connectivity index (χ4v) is 1.96. The summed E-state index contributed by atoms with van der Waals surface area (Å²) in [5, 5.41) is 21.1. The first-order valence-electron chi connectivity index (χ1n) is 6.97. The Labute approximate surface area is 121 Å². The maximum Gasteiger partial charge on any atom is 0.116 e. The first kappa shape index (κ1) is 16.3. The van der Waals surface area contributed by atoms with Crippen molar-refractivity contribution in [3.8, 4) is 5.75 Å². The molecule has 0 aromatic heterocycles. The van der Waals surface area contributed by atoms with Crippen molar-refractivity contribution < 1.29 is 10.2 Å². The van der Waals surface area contributed by atoms with Crippen LogP contribution in [0.5, 0.6) is 5.75 Å². The standard InChI is InChI=1S/C18H24O2/c1-5-13(3)9-15(6-2)10-18(20)12-16-11-17(19)8-7-14(16)4/h6-8,10-13,18-20H,2,4-5,9H2,1,3H3/b15-10-,16-12-. The minimum absolute atomic E-state index is 0.170. The van der Waals surface area contributed by atoms with E-state index in [1.165, 1.54) is 0 Å². The molecule has 0 bridgehead atoms. The largest absolute Gasteiger partial charge is 0.508 e. The molecule has 0 aliphatic carbocycles. The zero-order valence-electron chi connectivity index (χ0n) is 12.3. The lowest BCUT2D eigenvalue weighted by Gasteiger charge is -2.10. The molecule has 1 aromatic carbocycles. The highest BCUT2D eigenvalue weighted by Gasteiger charge is 2.03. The van der Waals surface area contributed by atoms with Crippen LogP contribution in [0.3, 0.4) is 0 Å². The van der Waals surface area contributed by atoms with Crippen molar-refractivity contribution in [1.82, 2.24) is 0 Å². The molecule has 20 heavy (non-hydrogen) atoms. The molecule has 2 atom stereocenters. The maximum atomic E-state index is 10.1. The second kappa shape index (κ2) is 7.71. The van der Waals surface area contributed by atoms with E-state index in [1.54, 1.807) is 36.4 Å². The quantitative estimate of drug-likeness (QED) is 0.781. The van der Waals surface area contributed by atoms with E-state index in [9.17, 15) is 10.2 Å². The summed E-state index contributed by atoms with van der Waals surface area (Å²) in [6, 6.07) is 4.91. The van der Waals surface area contributed by atoms with E-state index >= 15 is 0 Å². The van der Waals surface area contributed by atoms with Crippen molar-refractivity contribution in [1.29, 1.82) is 0 Å². The third-order valence-electron chi connectivity index (χ3n) is 3.41. The molecule has 0 saturated carbocycles. The van der Waals surface area contributed by atoms with Crippen LogP contribution in [0, 0.1) is 5.92 Å². The number of benzene rings is 1. The monoisotopic (exact) mass is 272 g/mol. The molecule has 0 aliphatic heterocycles. The third kappa shape index (κ3) is 5.06. The summed E-state index contributed by atoms with van der Waals surface area (Å²) in [4.78, 5) is 0. The predicted octanol–water partition coefficient (Wildman–Crippen LogP) is 2.49. The topological polar surface area (TPSA) is 40.5 Å². The lowest BCUT2D eigenvalue weighted by Crippen LogP contribution is -2.24.